The molecule has 5 nitrogen and oxygen atoms in total. The van der Waals surface area contributed by atoms with Crippen LogP contribution < -0.4 is 4.74 Å². The molecule has 3 aromatic heterocycles. The van der Waals surface area contributed by atoms with Crippen molar-refractivity contribution in [1.82, 2.24) is 20.0 Å². The number of rotatable bonds is 5. The second-order valence-electron chi connectivity index (χ2n) is 8.44. The van der Waals surface area contributed by atoms with Gasteiger partial charge in [0.05, 0.1) is 28.6 Å². The van der Waals surface area contributed by atoms with Crippen molar-refractivity contribution in [3.63, 3.8) is 0 Å². The van der Waals surface area contributed by atoms with Gasteiger partial charge in [0.25, 0.3) is 0 Å². The van der Waals surface area contributed by atoms with E-state index in [0.717, 1.165) is 16.9 Å². The summed E-state index contributed by atoms with van der Waals surface area (Å²) in [6, 6.07) is 36.1. The zero-order valence-corrected chi connectivity index (χ0v) is 22.4. The molecule has 0 aliphatic heterocycles. The number of ether oxygens (including phenoxy) is 1. The summed E-state index contributed by atoms with van der Waals surface area (Å²) in [5.41, 5.74) is 6.84. The van der Waals surface area contributed by atoms with Gasteiger partial charge in [-0.05, 0) is 34.4 Å². The third kappa shape index (κ3) is 3.76. The van der Waals surface area contributed by atoms with Crippen molar-refractivity contribution in [1.29, 1.82) is 0 Å². The number of fused-ring (bicyclic) bond motifs is 3. The number of thiophene rings is 1. The van der Waals surface area contributed by atoms with Crippen LogP contribution in [0.4, 0.5) is 0 Å². The van der Waals surface area contributed by atoms with Gasteiger partial charge < -0.3 is 4.74 Å². The Morgan fingerprint density at radius 3 is 2.14 bits per heavy atom. The van der Waals surface area contributed by atoms with E-state index in [0.29, 0.717) is 10.8 Å². The van der Waals surface area contributed by atoms with Gasteiger partial charge in [-0.3, -0.25) is 4.98 Å². The van der Waals surface area contributed by atoms with Crippen molar-refractivity contribution >= 4 is 11.3 Å². The van der Waals surface area contributed by atoms with Gasteiger partial charge in [0.15, 0.2) is 0 Å². The maximum absolute atomic E-state index is 6.23. The van der Waals surface area contributed by atoms with E-state index in [-0.39, 0.29) is 21.1 Å². The molecule has 7 rings (SSSR count). The van der Waals surface area contributed by atoms with Crippen molar-refractivity contribution < 1.29 is 25.8 Å². The Bertz CT molecular complexity index is 1640. The average molecular weight is 678 g/mol. The van der Waals surface area contributed by atoms with Gasteiger partial charge in [-0.2, -0.15) is 33.2 Å². The summed E-state index contributed by atoms with van der Waals surface area (Å²) in [6.45, 7) is 0. The molecule has 3 heterocycles. The van der Waals surface area contributed by atoms with Crippen molar-refractivity contribution in [3.05, 3.63) is 143 Å². The fourth-order valence-corrected chi connectivity index (χ4v) is 5.78. The van der Waals surface area contributed by atoms with Gasteiger partial charge in [0.1, 0.15) is 0 Å². The number of benzene rings is 3. The van der Waals surface area contributed by atoms with E-state index in [9.17, 15) is 0 Å². The molecule has 0 fully saturated rings. The Kier molecular flexibility index (Phi) is 6.07. The molecule has 7 heteroatoms. The smallest absolute Gasteiger partial charge is 0.494 e. The number of pyridine rings is 1. The van der Waals surface area contributed by atoms with Crippen LogP contribution in [0, 0.1) is 12.1 Å². The molecule has 0 radical (unpaired) electrons. The second kappa shape index (κ2) is 9.54. The van der Waals surface area contributed by atoms with E-state index in [4.69, 9.17) is 9.72 Å². The molecule has 180 valence electrons. The number of aromatic nitrogens is 4. The van der Waals surface area contributed by atoms with Crippen molar-refractivity contribution in [2.24, 2.45) is 0 Å². The molecule has 37 heavy (non-hydrogen) atoms. The van der Waals surface area contributed by atoms with Crippen molar-refractivity contribution in [2.45, 2.75) is 5.41 Å². The molecule has 0 unspecified atom stereocenters. The van der Waals surface area contributed by atoms with Crippen LogP contribution in [0.25, 0.3) is 16.8 Å². The summed E-state index contributed by atoms with van der Waals surface area (Å²) < 4.78 is 6.23. The maximum Gasteiger partial charge on any atom is 2.00 e. The summed E-state index contributed by atoms with van der Waals surface area (Å²) in [5.74, 6) is 0.614. The Hall–Kier alpha value is -3.86. The third-order valence-corrected chi connectivity index (χ3v) is 7.26. The average Bonchev–Trinajstić information content (AvgIpc) is 3.68. The molecule has 0 spiro atoms. The summed E-state index contributed by atoms with van der Waals surface area (Å²) in [6.07, 6.45) is 5.13. The Balaban J connectivity index is 0.00000252. The van der Waals surface area contributed by atoms with E-state index >= 15 is 0 Å². The Labute approximate surface area is 232 Å². The van der Waals surface area contributed by atoms with E-state index < -0.39 is 5.41 Å². The van der Waals surface area contributed by atoms with E-state index in [2.05, 4.69) is 83.0 Å². The Morgan fingerprint density at radius 1 is 0.730 bits per heavy atom. The maximum atomic E-state index is 6.23. The van der Waals surface area contributed by atoms with Gasteiger partial charge in [-0.1, -0.05) is 60.3 Å². The van der Waals surface area contributed by atoms with E-state index in [1.54, 1.807) is 12.4 Å². The zero-order chi connectivity index (χ0) is 24.0. The van der Waals surface area contributed by atoms with Crippen LogP contribution in [0.15, 0.2) is 109 Å². The summed E-state index contributed by atoms with van der Waals surface area (Å²) >= 11 is 1.44. The topological polar surface area (TPSA) is 52.8 Å². The largest absolute Gasteiger partial charge is 2.00 e. The second-order valence-corrected chi connectivity index (χ2v) is 9.28. The van der Waals surface area contributed by atoms with Gasteiger partial charge in [0, 0.05) is 11.9 Å². The van der Waals surface area contributed by atoms with E-state index in [1.807, 2.05) is 35.8 Å². The first-order valence-corrected chi connectivity index (χ1v) is 12.4. The normalized spacial score (nSPS) is 12.9. The van der Waals surface area contributed by atoms with Gasteiger partial charge in [-0.25, -0.2) is 11.3 Å². The molecule has 6 aromatic rings. The monoisotopic (exact) mass is 677 g/mol. The van der Waals surface area contributed by atoms with Crippen LogP contribution >= 0.6 is 11.3 Å². The molecule has 0 atom stereocenters. The molecule has 0 N–H and O–H groups in total. The van der Waals surface area contributed by atoms with Gasteiger partial charge in [-0.15, -0.1) is 23.1 Å². The third-order valence-electron chi connectivity index (χ3n) is 6.52. The SMILES string of the molecule is [Pt+2].[c-]1c(Oc2[c-]c(-n3nccn3)cs2)cccc1C1(c2ccccn2)c2ccccc2-c2ccccc21. The molecular weight excluding hydrogens is 660 g/mol. The first-order valence-electron chi connectivity index (χ1n) is 11.5. The summed E-state index contributed by atoms with van der Waals surface area (Å²) in [4.78, 5) is 6.39. The van der Waals surface area contributed by atoms with Crippen molar-refractivity contribution in [3.8, 4) is 27.6 Å². The molecule has 0 saturated heterocycles. The Morgan fingerprint density at radius 2 is 1.43 bits per heavy atom. The fraction of sp³-hybridized carbons (Fsp3) is 0.0333. The molecule has 0 saturated carbocycles. The number of hydrogen-bond acceptors (Lipinski definition) is 5. The molecular formula is C30H18N4OPtS. The summed E-state index contributed by atoms with van der Waals surface area (Å²) in [7, 11) is 0. The first-order chi connectivity index (χ1) is 17.8. The van der Waals surface area contributed by atoms with Gasteiger partial charge >= 0.3 is 21.1 Å². The zero-order valence-electron chi connectivity index (χ0n) is 19.3. The molecule has 1 aliphatic carbocycles. The number of hydrogen-bond donors (Lipinski definition) is 0. The molecule has 1 aliphatic rings. The van der Waals surface area contributed by atoms with E-state index in [1.165, 1.54) is 38.4 Å². The minimum absolute atomic E-state index is 0. The minimum atomic E-state index is -0.614. The van der Waals surface area contributed by atoms with Gasteiger partial charge in [0.2, 0.25) is 0 Å². The van der Waals surface area contributed by atoms with Crippen LogP contribution in [0.1, 0.15) is 22.4 Å². The predicted molar refractivity (Wildman–Crippen MR) is 139 cm³/mol. The minimum Gasteiger partial charge on any atom is -0.494 e. The van der Waals surface area contributed by atoms with Crippen LogP contribution in [0.2, 0.25) is 0 Å². The first kappa shape index (κ1) is 23.5. The van der Waals surface area contributed by atoms with Crippen LogP contribution in [-0.4, -0.2) is 20.0 Å². The van der Waals surface area contributed by atoms with Crippen molar-refractivity contribution in [2.75, 3.05) is 0 Å². The fourth-order valence-electron chi connectivity index (χ4n) is 5.11. The number of nitrogens with zero attached hydrogens (tertiary/aromatic N) is 4. The van der Waals surface area contributed by atoms with Crippen LogP contribution in [0.3, 0.4) is 0 Å². The molecule has 3 aromatic carbocycles. The molecule has 0 bridgehead atoms. The molecule has 0 amide bonds. The quantitative estimate of drug-likeness (QED) is 0.196. The predicted octanol–water partition coefficient (Wildman–Crippen LogP) is 6.48. The standard InChI is InChI=1S/C30H18N4OS.Pt/c1-3-12-26-24(10-1)25-11-2-4-13-27(25)30(26,28-14-5-6-15-31-28)21-8-7-9-23(18-21)35-29-19-22(20-36-29)34-32-16-17-33-34;/h1-17,20H;/q-2;+2. The van der Waals surface area contributed by atoms with Crippen LogP contribution in [-0.2, 0) is 26.5 Å². The summed E-state index contributed by atoms with van der Waals surface area (Å²) in [5, 5.41) is 10.9. The van der Waals surface area contributed by atoms with Crippen LogP contribution in [0.5, 0.6) is 10.8 Å².